The third kappa shape index (κ3) is 3.98. The molecule has 2 N–H and O–H groups in total. The van der Waals surface area contributed by atoms with Gasteiger partial charge in [0.25, 0.3) is 0 Å². The van der Waals surface area contributed by atoms with E-state index in [-0.39, 0.29) is 25.4 Å². The lowest BCUT2D eigenvalue weighted by Gasteiger charge is -2.24. The number of aliphatic hydroxyl groups excluding tert-OH is 2. The quantitative estimate of drug-likeness (QED) is 0.727. The highest BCUT2D eigenvalue weighted by Gasteiger charge is 2.21. The van der Waals surface area contributed by atoms with Crippen molar-refractivity contribution in [2.24, 2.45) is 5.41 Å². The van der Waals surface area contributed by atoms with Crippen LogP contribution in [0.3, 0.4) is 0 Å². The Morgan fingerprint density at radius 3 is 2.50 bits per heavy atom. The summed E-state index contributed by atoms with van der Waals surface area (Å²) in [4.78, 5) is 0. The molecule has 0 saturated heterocycles. The standard InChI is InChI=1S/C14H22O4/c1-14(2,9-16)7-12-11(8-15)5-4-6-13(12)18-10-17-3/h4-6,15-16H,7-10H2,1-3H3. The summed E-state index contributed by atoms with van der Waals surface area (Å²) in [6.45, 7) is 4.15. The monoisotopic (exact) mass is 254 g/mol. The van der Waals surface area contributed by atoms with Crippen molar-refractivity contribution in [2.75, 3.05) is 20.5 Å². The van der Waals surface area contributed by atoms with Gasteiger partial charge in [0.1, 0.15) is 5.75 Å². The van der Waals surface area contributed by atoms with Crippen LogP contribution in [0.15, 0.2) is 18.2 Å². The second-order valence-electron chi connectivity index (χ2n) is 5.10. The number of ether oxygens (including phenoxy) is 2. The fourth-order valence-corrected chi connectivity index (χ4v) is 1.75. The fourth-order valence-electron chi connectivity index (χ4n) is 1.75. The minimum absolute atomic E-state index is 0.0407. The summed E-state index contributed by atoms with van der Waals surface area (Å²) in [6.07, 6.45) is 0.638. The van der Waals surface area contributed by atoms with Crippen molar-refractivity contribution in [3.63, 3.8) is 0 Å². The van der Waals surface area contributed by atoms with Gasteiger partial charge in [0.15, 0.2) is 6.79 Å². The average molecular weight is 254 g/mol. The first-order valence-electron chi connectivity index (χ1n) is 5.98. The Morgan fingerprint density at radius 1 is 1.22 bits per heavy atom. The first-order chi connectivity index (χ1) is 8.54. The first-order valence-corrected chi connectivity index (χ1v) is 5.98. The number of methoxy groups -OCH3 is 1. The zero-order valence-corrected chi connectivity index (χ0v) is 11.3. The summed E-state index contributed by atoms with van der Waals surface area (Å²) in [7, 11) is 1.56. The van der Waals surface area contributed by atoms with E-state index in [1.165, 1.54) is 0 Å². The van der Waals surface area contributed by atoms with Crippen LogP contribution in [0.25, 0.3) is 0 Å². The van der Waals surface area contributed by atoms with Gasteiger partial charge in [-0.3, -0.25) is 0 Å². The Kier molecular flexibility index (Phi) is 5.59. The third-order valence-corrected chi connectivity index (χ3v) is 2.82. The van der Waals surface area contributed by atoms with Gasteiger partial charge < -0.3 is 19.7 Å². The van der Waals surface area contributed by atoms with Crippen LogP contribution in [0.4, 0.5) is 0 Å². The van der Waals surface area contributed by atoms with Gasteiger partial charge in [0, 0.05) is 19.3 Å². The lowest BCUT2D eigenvalue weighted by atomic mass is 9.84. The highest BCUT2D eigenvalue weighted by molar-refractivity contribution is 5.40. The van der Waals surface area contributed by atoms with Crippen molar-refractivity contribution < 1.29 is 19.7 Å². The Bertz CT molecular complexity index is 374. The summed E-state index contributed by atoms with van der Waals surface area (Å²) in [5.74, 6) is 0.699. The first kappa shape index (κ1) is 15.0. The van der Waals surface area contributed by atoms with Gasteiger partial charge in [-0.2, -0.15) is 0 Å². The summed E-state index contributed by atoms with van der Waals surface area (Å²) >= 11 is 0. The lowest BCUT2D eigenvalue weighted by Crippen LogP contribution is -2.21. The van der Waals surface area contributed by atoms with E-state index in [9.17, 15) is 10.2 Å². The molecule has 1 aromatic rings. The Labute approximate surface area is 108 Å². The van der Waals surface area contributed by atoms with E-state index < -0.39 is 0 Å². The van der Waals surface area contributed by atoms with Crippen LogP contribution in [-0.4, -0.2) is 30.7 Å². The van der Waals surface area contributed by atoms with Gasteiger partial charge in [-0.05, 0) is 23.5 Å². The SMILES string of the molecule is COCOc1cccc(CO)c1CC(C)(C)CO. The van der Waals surface area contributed by atoms with Crippen molar-refractivity contribution in [3.8, 4) is 5.75 Å². The van der Waals surface area contributed by atoms with Gasteiger partial charge in [-0.1, -0.05) is 26.0 Å². The zero-order valence-electron chi connectivity index (χ0n) is 11.3. The zero-order chi connectivity index (χ0) is 13.6. The molecule has 0 saturated carbocycles. The Balaban J connectivity index is 3.03. The van der Waals surface area contributed by atoms with Crippen molar-refractivity contribution in [2.45, 2.75) is 26.9 Å². The van der Waals surface area contributed by atoms with E-state index in [4.69, 9.17) is 9.47 Å². The molecule has 18 heavy (non-hydrogen) atoms. The van der Waals surface area contributed by atoms with Crippen LogP contribution in [0.1, 0.15) is 25.0 Å². The maximum Gasteiger partial charge on any atom is 0.188 e. The molecule has 0 unspecified atom stereocenters. The van der Waals surface area contributed by atoms with Gasteiger partial charge in [-0.15, -0.1) is 0 Å². The van der Waals surface area contributed by atoms with E-state index in [1.807, 2.05) is 32.0 Å². The average Bonchev–Trinajstić information content (AvgIpc) is 2.37. The predicted molar refractivity (Wildman–Crippen MR) is 69.4 cm³/mol. The van der Waals surface area contributed by atoms with Gasteiger partial charge in [0.05, 0.1) is 6.61 Å². The number of hydrogen-bond acceptors (Lipinski definition) is 4. The second kappa shape index (κ2) is 6.73. The van der Waals surface area contributed by atoms with Gasteiger partial charge >= 0.3 is 0 Å². The smallest absolute Gasteiger partial charge is 0.188 e. The molecule has 102 valence electrons. The lowest BCUT2D eigenvalue weighted by molar-refractivity contribution is 0.0495. The van der Waals surface area contributed by atoms with Crippen molar-refractivity contribution in [1.82, 2.24) is 0 Å². The molecular formula is C14H22O4. The maximum absolute atomic E-state index is 9.39. The maximum atomic E-state index is 9.39. The molecule has 0 fully saturated rings. The van der Waals surface area contributed by atoms with Crippen LogP contribution in [0, 0.1) is 5.41 Å². The molecular weight excluding hydrogens is 232 g/mol. The van der Waals surface area contributed by atoms with Gasteiger partial charge in [0.2, 0.25) is 0 Å². The highest BCUT2D eigenvalue weighted by Crippen LogP contribution is 2.30. The van der Waals surface area contributed by atoms with Crippen LogP contribution in [-0.2, 0) is 17.8 Å². The minimum atomic E-state index is -0.254. The number of benzene rings is 1. The number of rotatable bonds is 7. The number of hydrogen-bond donors (Lipinski definition) is 2. The molecule has 0 amide bonds. The highest BCUT2D eigenvalue weighted by atomic mass is 16.7. The van der Waals surface area contributed by atoms with E-state index in [0.717, 1.165) is 11.1 Å². The molecule has 0 aliphatic rings. The number of aliphatic hydroxyl groups is 2. The molecule has 0 spiro atoms. The molecule has 0 bridgehead atoms. The Morgan fingerprint density at radius 2 is 1.94 bits per heavy atom. The molecule has 0 atom stereocenters. The molecule has 0 aliphatic heterocycles. The molecule has 0 radical (unpaired) electrons. The summed E-state index contributed by atoms with van der Waals surface area (Å²) in [5.41, 5.74) is 1.50. The van der Waals surface area contributed by atoms with Crippen LogP contribution < -0.4 is 4.74 Å². The summed E-state index contributed by atoms with van der Waals surface area (Å²) in [6, 6.07) is 5.55. The van der Waals surface area contributed by atoms with Crippen LogP contribution in [0.2, 0.25) is 0 Å². The van der Waals surface area contributed by atoms with Crippen molar-refractivity contribution >= 4 is 0 Å². The molecule has 1 aromatic carbocycles. The fraction of sp³-hybridized carbons (Fsp3) is 0.571. The molecule has 0 aromatic heterocycles. The molecule has 4 nitrogen and oxygen atoms in total. The summed E-state index contributed by atoms with van der Waals surface area (Å²) < 4.78 is 10.4. The van der Waals surface area contributed by atoms with E-state index >= 15 is 0 Å². The predicted octanol–water partition coefficient (Wildman–Crippen LogP) is 1.72. The third-order valence-electron chi connectivity index (χ3n) is 2.82. The normalized spacial score (nSPS) is 11.6. The molecule has 4 heteroatoms. The molecule has 0 aliphatic carbocycles. The van der Waals surface area contributed by atoms with Crippen LogP contribution >= 0.6 is 0 Å². The van der Waals surface area contributed by atoms with E-state index in [1.54, 1.807) is 7.11 Å². The van der Waals surface area contributed by atoms with Crippen molar-refractivity contribution in [1.29, 1.82) is 0 Å². The topological polar surface area (TPSA) is 58.9 Å². The minimum Gasteiger partial charge on any atom is -0.467 e. The van der Waals surface area contributed by atoms with Crippen LogP contribution in [0.5, 0.6) is 5.75 Å². The second-order valence-corrected chi connectivity index (χ2v) is 5.10. The molecule has 1 rings (SSSR count). The van der Waals surface area contributed by atoms with Gasteiger partial charge in [-0.25, -0.2) is 0 Å². The van der Waals surface area contributed by atoms with E-state index in [2.05, 4.69) is 0 Å². The molecule has 0 heterocycles. The van der Waals surface area contributed by atoms with E-state index in [0.29, 0.717) is 12.2 Å². The Hall–Kier alpha value is -1.10. The van der Waals surface area contributed by atoms with Crippen molar-refractivity contribution in [3.05, 3.63) is 29.3 Å². The largest absolute Gasteiger partial charge is 0.467 e. The summed E-state index contributed by atoms with van der Waals surface area (Å²) in [5, 5.41) is 18.7.